The Labute approximate surface area is 217 Å². The van der Waals surface area contributed by atoms with E-state index in [-0.39, 0.29) is 10.8 Å². The van der Waals surface area contributed by atoms with E-state index in [0.717, 1.165) is 0 Å². The van der Waals surface area contributed by atoms with E-state index < -0.39 is 0 Å². The lowest BCUT2D eigenvalue weighted by atomic mass is 9.75. The summed E-state index contributed by atoms with van der Waals surface area (Å²) in [6, 6.07) is 44.1. The molecule has 5 rings (SSSR count). The van der Waals surface area contributed by atoms with Crippen LogP contribution in [0.4, 0.5) is 0 Å². The van der Waals surface area contributed by atoms with Crippen molar-refractivity contribution >= 4 is 5.57 Å². The topological polar surface area (TPSA) is 0 Å². The van der Waals surface area contributed by atoms with Crippen molar-refractivity contribution in [2.45, 2.75) is 33.1 Å². The maximum Gasteiger partial charge on any atom is 0.0373 e. The Morgan fingerprint density at radius 2 is 1.00 bits per heavy atom. The van der Waals surface area contributed by atoms with Crippen LogP contribution in [0.15, 0.2) is 139 Å². The number of allylic oxidation sites excluding steroid dienone is 3. The first-order chi connectivity index (χ1) is 17.5. The molecule has 1 aliphatic rings. The van der Waals surface area contributed by atoms with E-state index in [2.05, 4.69) is 161 Å². The van der Waals surface area contributed by atoms with E-state index in [4.69, 9.17) is 0 Å². The summed E-state index contributed by atoms with van der Waals surface area (Å²) in [4.78, 5) is 0. The minimum atomic E-state index is -0.143. The van der Waals surface area contributed by atoms with Crippen molar-refractivity contribution < 1.29 is 0 Å². The molecule has 1 fully saturated rings. The quantitative estimate of drug-likeness (QED) is 0.237. The molecule has 0 bridgehead atoms. The van der Waals surface area contributed by atoms with Crippen LogP contribution in [0.5, 0.6) is 0 Å². The Kier molecular flexibility index (Phi) is 6.54. The van der Waals surface area contributed by atoms with Crippen molar-refractivity contribution in [3.05, 3.63) is 161 Å². The van der Waals surface area contributed by atoms with Gasteiger partial charge in [0.2, 0.25) is 0 Å². The summed E-state index contributed by atoms with van der Waals surface area (Å²) in [5.41, 5.74) is 7.81. The van der Waals surface area contributed by atoms with Gasteiger partial charge in [0.25, 0.3) is 0 Å². The van der Waals surface area contributed by atoms with E-state index in [0.29, 0.717) is 11.8 Å². The van der Waals surface area contributed by atoms with Crippen molar-refractivity contribution in [3.8, 4) is 0 Å². The normalized spacial score (nSPS) is 20.0. The molecule has 0 heteroatoms. The summed E-state index contributed by atoms with van der Waals surface area (Å²) >= 11 is 0. The van der Waals surface area contributed by atoms with Crippen LogP contribution < -0.4 is 0 Å². The molecule has 36 heavy (non-hydrogen) atoms. The fourth-order valence-electron chi connectivity index (χ4n) is 6.66. The van der Waals surface area contributed by atoms with Crippen molar-refractivity contribution in [2.24, 2.45) is 17.3 Å². The summed E-state index contributed by atoms with van der Waals surface area (Å²) in [6.45, 7) is 9.30. The van der Waals surface area contributed by atoms with E-state index in [1.165, 1.54) is 33.4 Å². The highest BCUT2D eigenvalue weighted by Crippen LogP contribution is 2.77. The van der Waals surface area contributed by atoms with Gasteiger partial charge < -0.3 is 0 Å². The van der Waals surface area contributed by atoms with Gasteiger partial charge in [-0.1, -0.05) is 153 Å². The molecule has 0 unspecified atom stereocenters. The first kappa shape index (κ1) is 24.1. The third-order valence-electron chi connectivity index (χ3n) is 8.02. The van der Waals surface area contributed by atoms with Gasteiger partial charge in [0.05, 0.1) is 0 Å². The van der Waals surface area contributed by atoms with E-state index in [1.807, 2.05) is 0 Å². The van der Waals surface area contributed by atoms with Crippen molar-refractivity contribution in [3.63, 3.8) is 0 Å². The van der Waals surface area contributed by atoms with Crippen LogP contribution in [-0.4, -0.2) is 0 Å². The smallest absolute Gasteiger partial charge is 0.0373 e. The van der Waals surface area contributed by atoms with Crippen LogP contribution in [0.1, 0.15) is 49.9 Å². The summed E-state index contributed by atoms with van der Waals surface area (Å²) in [5.74, 6) is 0.752. The molecule has 4 aromatic rings. The van der Waals surface area contributed by atoms with Crippen LogP contribution in [0.3, 0.4) is 0 Å². The lowest BCUT2D eigenvalue weighted by molar-refractivity contribution is 0.389. The SMILES string of the molecule is CC(C)=C[C@@]1(C(C)C)[C@H](C=C(c2ccccc2)c2ccccc2)C1(c1ccccc1)c1ccccc1. The van der Waals surface area contributed by atoms with Crippen LogP contribution in [0.2, 0.25) is 0 Å². The molecule has 0 radical (unpaired) electrons. The molecule has 0 nitrogen and oxygen atoms in total. The number of rotatable bonds is 7. The molecule has 0 amide bonds. The average Bonchev–Trinajstić information content (AvgIpc) is 3.51. The van der Waals surface area contributed by atoms with Gasteiger partial charge in [0.1, 0.15) is 0 Å². The van der Waals surface area contributed by atoms with Crippen molar-refractivity contribution in [1.82, 2.24) is 0 Å². The zero-order valence-electron chi connectivity index (χ0n) is 21.9. The molecule has 0 saturated heterocycles. The van der Waals surface area contributed by atoms with Gasteiger partial charge in [0.15, 0.2) is 0 Å². The van der Waals surface area contributed by atoms with Gasteiger partial charge in [-0.25, -0.2) is 0 Å². The summed E-state index contributed by atoms with van der Waals surface area (Å²) < 4.78 is 0. The highest BCUT2D eigenvalue weighted by atomic mass is 14.8. The largest absolute Gasteiger partial charge is 0.0798 e. The lowest BCUT2D eigenvalue weighted by Crippen LogP contribution is -2.23. The predicted molar refractivity (Wildman–Crippen MR) is 154 cm³/mol. The Hall–Kier alpha value is -3.64. The molecule has 0 N–H and O–H groups in total. The molecule has 1 aliphatic carbocycles. The predicted octanol–water partition coefficient (Wildman–Crippen LogP) is 9.34. The highest BCUT2D eigenvalue weighted by molar-refractivity contribution is 5.81. The van der Waals surface area contributed by atoms with Gasteiger partial charge >= 0.3 is 0 Å². The van der Waals surface area contributed by atoms with Gasteiger partial charge in [0, 0.05) is 16.7 Å². The van der Waals surface area contributed by atoms with Crippen LogP contribution in [0, 0.1) is 17.3 Å². The molecular weight excluding hydrogens is 432 g/mol. The third-order valence-corrected chi connectivity index (χ3v) is 8.02. The van der Waals surface area contributed by atoms with E-state index in [1.54, 1.807) is 0 Å². The number of hydrogen-bond donors (Lipinski definition) is 0. The molecule has 4 aromatic carbocycles. The Balaban J connectivity index is 1.85. The maximum absolute atomic E-state index is 2.59. The zero-order chi connectivity index (χ0) is 25.2. The average molecular weight is 469 g/mol. The van der Waals surface area contributed by atoms with Crippen LogP contribution in [-0.2, 0) is 5.41 Å². The summed E-state index contributed by atoms with van der Waals surface area (Å²) in [6.07, 6.45) is 5.16. The second-order valence-electron chi connectivity index (χ2n) is 10.6. The molecule has 0 spiro atoms. The monoisotopic (exact) mass is 468 g/mol. The minimum absolute atomic E-state index is 0.0383. The molecule has 0 aliphatic heterocycles. The van der Waals surface area contributed by atoms with Gasteiger partial charge in [-0.05, 0) is 47.6 Å². The number of hydrogen-bond acceptors (Lipinski definition) is 0. The Morgan fingerprint density at radius 3 is 1.36 bits per heavy atom. The number of benzene rings is 4. The molecule has 0 aromatic heterocycles. The maximum atomic E-state index is 2.59. The Bertz CT molecular complexity index is 1260. The van der Waals surface area contributed by atoms with Gasteiger partial charge in [-0.2, -0.15) is 0 Å². The lowest BCUT2D eigenvalue weighted by Gasteiger charge is -2.28. The second-order valence-corrected chi connectivity index (χ2v) is 10.6. The summed E-state index contributed by atoms with van der Waals surface area (Å²) in [7, 11) is 0. The second kappa shape index (κ2) is 9.78. The van der Waals surface area contributed by atoms with Crippen molar-refractivity contribution in [1.29, 1.82) is 0 Å². The molecule has 180 valence electrons. The van der Waals surface area contributed by atoms with E-state index in [9.17, 15) is 0 Å². The van der Waals surface area contributed by atoms with Crippen molar-refractivity contribution in [2.75, 3.05) is 0 Å². The molecule has 0 heterocycles. The first-order valence-corrected chi connectivity index (χ1v) is 13.1. The highest BCUT2D eigenvalue weighted by Gasteiger charge is 2.76. The standard InChI is InChI=1S/C36H36/c1-27(2)26-35(28(3)4)34(25-33(29-17-9-5-10-18-29)30-19-11-6-12-20-30)36(35,31-21-13-7-14-22-31)32-23-15-8-16-24-32/h5-26,28,34H,1-4H3/t34-,35+/m0/s1. The fourth-order valence-corrected chi connectivity index (χ4v) is 6.66. The zero-order valence-corrected chi connectivity index (χ0v) is 21.9. The third kappa shape index (κ3) is 3.86. The minimum Gasteiger partial charge on any atom is -0.0798 e. The fraction of sp³-hybridized carbons (Fsp3) is 0.222. The van der Waals surface area contributed by atoms with Gasteiger partial charge in [-0.15, -0.1) is 0 Å². The first-order valence-electron chi connectivity index (χ1n) is 13.1. The van der Waals surface area contributed by atoms with Crippen LogP contribution >= 0.6 is 0 Å². The van der Waals surface area contributed by atoms with Crippen LogP contribution in [0.25, 0.3) is 5.57 Å². The van der Waals surface area contributed by atoms with E-state index >= 15 is 0 Å². The molecular formula is C36H36. The summed E-state index contributed by atoms with van der Waals surface area (Å²) in [5, 5.41) is 0. The van der Waals surface area contributed by atoms with Gasteiger partial charge in [-0.3, -0.25) is 0 Å². The molecule has 2 atom stereocenters. The Morgan fingerprint density at radius 1 is 0.611 bits per heavy atom. The molecule has 1 saturated carbocycles.